The van der Waals surface area contributed by atoms with Gasteiger partial charge in [0.15, 0.2) is 0 Å². The van der Waals surface area contributed by atoms with E-state index in [1.165, 1.54) is 0 Å². The van der Waals surface area contributed by atoms with Gasteiger partial charge in [-0.1, -0.05) is 13.8 Å². The fourth-order valence-electron chi connectivity index (χ4n) is 4.62. The molecule has 3 saturated heterocycles. The van der Waals surface area contributed by atoms with Crippen molar-refractivity contribution in [3.05, 3.63) is 0 Å². The molecule has 0 radical (unpaired) electrons. The average molecular weight is 381 g/mol. The molecule has 0 aromatic rings. The summed E-state index contributed by atoms with van der Waals surface area (Å²) < 4.78 is 5.80. The highest BCUT2D eigenvalue weighted by molar-refractivity contribution is 5.82. The number of rotatable bonds is 7. The van der Waals surface area contributed by atoms with Gasteiger partial charge in [-0.2, -0.15) is 0 Å². The number of hydrogen-bond acceptors (Lipinski definition) is 5. The van der Waals surface area contributed by atoms with Gasteiger partial charge in [0.2, 0.25) is 5.91 Å². The van der Waals surface area contributed by atoms with Gasteiger partial charge in [-0.3, -0.25) is 4.79 Å². The number of amides is 2. The average Bonchev–Trinajstić information content (AvgIpc) is 3.24. The highest BCUT2D eigenvalue weighted by atomic mass is 16.6. The predicted octanol–water partition coefficient (Wildman–Crippen LogP) is 1.53. The molecule has 0 aliphatic carbocycles. The molecule has 154 valence electrons. The quantitative estimate of drug-likeness (QED) is 0.726. The summed E-state index contributed by atoms with van der Waals surface area (Å²) in [6.45, 7) is 10.2. The second kappa shape index (κ2) is 8.78. The van der Waals surface area contributed by atoms with Crippen molar-refractivity contribution in [2.75, 3.05) is 52.9 Å². The van der Waals surface area contributed by atoms with Crippen molar-refractivity contribution >= 4 is 12.0 Å². The summed E-state index contributed by atoms with van der Waals surface area (Å²) >= 11 is 0. The fourth-order valence-corrected chi connectivity index (χ4v) is 4.62. The molecule has 3 fully saturated rings. The Kier molecular flexibility index (Phi) is 6.63. The monoisotopic (exact) mass is 380 g/mol. The minimum absolute atomic E-state index is 0.00972. The predicted molar refractivity (Wildman–Crippen MR) is 105 cm³/mol. The van der Waals surface area contributed by atoms with Crippen LogP contribution in [0.25, 0.3) is 0 Å². The van der Waals surface area contributed by atoms with Crippen molar-refractivity contribution in [2.45, 2.75) is 57.6 Å². The van der Waals surface area contributed by atoms with Crippen LogP contribution in [0.4, 0.5) is 4.79 Å². The second-order valence-electron chi connectivity index (χ2n) is 8.96. The maximum atomic E-state index is 12.6. The lowest BCUT2D eigenvalue weighted by Gasteiger charge is -2.38. The van der Waals surface area contributed by atoms with Crippen LogP contribution in [-0.2, 0) is 9.53 Å². The molecule has 0 aromatic heterocycles. The molecule has 3 aliphatic rings. The van der Waals surface area contributed by atoms with E-state index >= 15 is 0 Å². The third-order valence-electron chi connectivity index (χ3n) is 6.03. The van der Waals surface area contributed by atoms with Gasteiger partial charge in [-0.25, -0.2) is 4.79 Å². The Labute approximate surface area is 163 Å². The van der Waals surface area contributed by atoms with E-state index in [2.05, 4.69) is 31.1 Å². The molecule has 0 bridgehead atoms. The second-order valence-corrected chi connectivity index (χ2v) is 8.96. The zero-order valence-electron chi connectivity index (χ0n) is 17.2. The molecular weight excluding hydrogens is 344 g/mol. The summed E-state index contributed by atoms with van der Waals surface area (Å²) in [5, 5.41) is 3.28. The lowest BCUT2D eigenvalue weighted by molar-refractivity contribution is -0.136. The van der Waals surface area contributed by atoms with Gasteiger partial charge in [0.25, 0.3) is 0 Å². The van der Waals surface area contributed by atoms with Crippen LogP contribution in [0.2, 0.25) is 0 Å². The molecule has 3 aliphatic heterocycles. The topological polar surface area (TPSA) is 65.1 Å². The largest absolute Gasteiger partial charge is 0.441 e. The summed E-state index contributed by atoms with van der Waals surface area (Å²) in [5.74, 6) is 0.874. The van der Waals surface area contributed by atoms with Crippen molar-refractivity contribution in [1.82, 2.24) is 20.0 Å². The molecule has 7 heteroatoms. The summed E-state index contributed by atoms with van der Waals surface area (Å²) in [6.07, 6.45) is 4.30. The van der Waals surface area contributed by atoms with Crippen molar-refractivity contribution in [3.8, 4) is 0 Å². The molecule has 0 unspecified atom stereocenters. The lowest BCUT2D eigenvalue weighted by Crippen LogP contribution is -2.52. The highest BCUT2D eigenvalue weighted by Gasteiger charge is 2.47. The zero-order valence-corrected chi connectivity index (χ0v) is 17.2. The standard InChI is InChI=1S/C20H36N4O3/c1-16(2)14-22(3)10-5-11-24-15-20(27-19(24)26)7-12-23(13-8-20)18(25)17-6-4-9-21-17/h16-17,21H,4-15H2,1-3H3/t17-/m0/s1. The van der Waals surface area contributed by atoms with Crippen molar-refractivity contribution in [1.29, 1.82) is 0 Å². The van der Waals surface area contributed by atoms with E-state index in [-0.39, 0.29) is 23.6 Å². The lowest BCUT2D eigenvalue weighted by atomic mass is 9.91. The molecular formula is C20H36N4O3. The normalized spacial score (nSPS) is 25.1. The Morgan fingerprint density at radius 3 is 2.74 bits per heavy atom. The molecule has 1 N–H and O–H groups in total. The van der Waals surface area contributed by atoms with E-state index in [4.69, 9.17) is 4.74 Å². The van der Waals surface area contributed by atoms with Crippen LogP contribution in [0.5, 0.6) is 0 Å². The van der Waals surface area contributed by atoms with Gasteiger partial charge in [-0.15, -0.1) is 0 Å². The number of carbonyl (C=O) groups is 2. The van der Waals surface area contributed by atoms with E-state index in [0.717, 1.165) is 58.3 Å². The van der Waals surface area contributed by atoms with Crippen molar-refractivity contribution in [2.24, 2.45) is 5.92 Å². The van der Waals surface area contributed by atoms with Crippen LogP contribution < -0.4 is 5.32 Å². The molecule has 1 atom stereocenters. The number of nitrogens with one attached hydrogen (secondary N) is 1. The van der Waals surface area contributed by atoms with Crippen LogP contribution in [0, 0.1) is 5.92 Å². The molecule has 0 saturated carbocycles. The molecule has 3 rings (SSSR count). The number of hydrogen-bond donors (Lipinski definition) is 1. The van der Waals surface area contributed by atoms with Crippen LogP contribution in [-0.4, -0.2) is 91.2 Å². The van der Waals surface area contributed by atoms with E-state index in [1.54, 1.807) is 0 Å². The summed E-state index contributed by atoms with van der Waals surface area (Å²) in [7, 11) is 2.13. The van der Waals surface area contributed by atoms with E-state index < -0.39 is 0 Å². The zero-order chi connectivity index (χ0) is 19.4. The SMILES string of the molecule is CC(C)CN(C)CCCN1CC2(CCN(C(=O)[C@@H]3CCCN3)CC2)OC1=O. The Bertz CT molecular complexity index is 525. The van der Waals surface area contributed by atoms with E-state index in [1.807, 2.05) is 9.80 Å². The Morgan fingerprint density at radius 2 is 2.11 bits per heavy atom. The maximum Gasteiger partial charge on any atom is 0.410 e. The van der Waals surface area contributed by atoms with E-state index in [9.17, 15) is 9.59 Å². The summed E-state index contributed by atoms with van der Waals surface area (Å²) in [6, 6.07) is -0.00972. The molecule has 2 amide bonds. The Morgan fingerprint density at radius 1 is 1.37 bits per heavy atom. The third-order valence-corrected chi connectivity index (χ3v) is 6.03. The number of nitrogens with zero attached hydrogens (tertiary/aromatic N) is 3. The first-order valence-electron chi connectivity index (χ1n) is 10.6. The first kappa shape index (κ1) is 20.4. The van der Waals surface area contributed by atoms with Gasteiger partial charge in [-0.05, 0) is 45.3 Å². The molecule has 1 spiro atoms. The number of piperidine rings is 1. The maximum absolute atomic E-state index is 12.6. The van der Waals surface area contributed by atoms with Crippen LogP contribution in [0.3, 0.4) is 0 Å². The van der Waals surface area contributed by atoms with Gasteiger partial charge in [0, 0.05) is 39.0 Å². The van der Waals surface area contributed by atoms with Crippen molar-refractivity contribution in [3.63, 3.8) is 0 Å². The molecule has 3 heterocycles. The third kappa shape index (κ3) is 5.13. The summed E-state index contributed by atoms with van der Waals surface area (Å²) in [5.41, 5.74) is -0.388. The molecule has 7 nitrogen and oxygen atoms in total. The van der Waals surface area contributed by atoms with Crippen LogP contribution in [0.1, 0.15) is 46.0 Å². The first-order valence-corrected chi connectivity index (χ1v) is 10.6. The summed E-state index contributed by atoms with van der Waals surface area (Å²) in [4.78, 5) is 31.0. The minimum atomic E-state index is -0.388. The number of likely N-dealkylation sites (tertiary alicyclic amines) is 1. The van der Waals surface area contributed by atoms with Crippen molar-refractivity contribution < 1.29 is 14.3 Å². The van der Waals surface area contributed by atoms with Gasteiger partial charge >= 0.3 is 6.09 Å². The first-order chi connectivity index (χ1) is 12.9. The van der Waals surface area contributed by atoms with Gasteiger partial charge in [0.05, 0.1) is 12.6 Å². The Balaban J connectivity index is 1.42. The Hall–Kier alpha value is -1.34. The molecule has 0 aromatic carbocycles. The fraction of sp³-hybridized carbons (Fsp3) is 0.900. The number of ether oxygens (including phenoxy) is 1. The van der Waals surface area contributed by atoms with Crippen LogP contribution >= 0.6 is 0 Å². The van der Waals surface area contributed by atoms with Gasteiger partial charge in [0.1, 0.15) is 5.60 Å². The minimum Gasteiger partial charge on any atom is -0.441 e. The smallest absolute Gasteiger partial charge is 0.410 e. The molecule has 27 heavy (non-hydrogen) atoms. The van der Waals surface area contributed by atoms with Crippen LogP contribution in [0.15, 0.2) is 0 Å². The van der Waals surface area contributed by atoms with E-state index in [0.29, 0.717) is 25.6 Å². The highest BCUT2D eigenvalue weighted by Crippen LogP contribution is 2.33. The number of carbonyl (C=O) groups excluding carboxylic acids is 2. The van der Waals surface area contributed by atoms with Gasteiger partial charge < -0.3 is 24.8 Å².